The van der Waals surface area contributed by atoms with Gasteiger partial charge in [-0.25, -0.2) is 14.0 Å². The lowest BCUT2D eigenvalue weighted by atomic mass is 9.86. The van der Waals surface area contributed by atoms with Gasteiger partial charge in [-0.2, -0.15) is 4.73 Å². The van der Waals surface area contributed by atoms with Gasteiger partial charge >= 0.3 is 12.1 Å². The van der Waals surface area contributed by atoms with Crippen LogP contribution in [0.5, 0.6) is 11.5 Å². The molecule has 278 valence electrons. The number of fused-ring (bicyclic) bond motifs is 3. The molecule has 0 spiro atoms. The van der Waals surface area contributed by atoms with Crippen molar-refractivity contribution in [2.24, 2.45) is 11.8 Å². The molecule has 1 aliphatic carbocycles. The Balaban J connectivity index is 1.15. The molecule has 4 fully saturated rings. The molecule has 1 amide bonds. The maximum Gasteiger partial charge on any atom is 0.415 e. The number of rotatable bonds is 13. The molecule has 10 nitrogen and oxygen atoms in total. The van der Waals surface area contributed by atoms with Crippen molar-refractivity contribution in [1.29, 1.82) is 0 Å². The fourth-order valence-electron chi connectivity index (χ4n) is 6.97. The zero-order chi connectivity index (χ0) is 37.1. The molecule has 1 saturated carbocycles. The van der Waals surface area contributed by atoms with Crippen LogP contribution in [0.1, 0.15) is 58.8 Å². The van der Waals surface area contributed by atoms with Crippen molar-refractivity contribution in [2.75, 3.05) is 38.3 Å². The number of halogens is 3. The fourth-order valence-corrected chi connectivity index (χ4v) is 7.57. The highest BCUT2D eigenvalue weighted by Crippen LogP contribution is 2.38. The minimum absolute atomic E-state index is 0.0465. The Labute approximate surface area is 317 Å². The van der Waals surface area contributed by atoms with Crippen molar-refractivity contribution in [3.63, 3.8) is 0 Å². The van der Waals surface area contributed by atoms with Crippen molar-refractivity contribution in [3.05, 3.63) is 122 Å². The smallest absolute Gasteiger partial charge is 0.415 e. The molecule has 2 bridgehead atoms. The second kappa shape index (κ2) is 16.2. The summed E-state index contributed by atoms with van der Waals surface area (Å²) in [6, 6.07) is 17.9. The summed E-state index contributed by atoms with van der Waals surface area (Å²) < 4.78 is 39.5. The van der Waals surface area contributed by atoms with Gasteiger partial charge in [-0.1, -0.05) is 53.5 Å². The zero-order valence-electron chi connectivity index (χ0n) is 29.2. The predicted molar refractivity (Wildman–Crippen MR) is 197 cm³/mol. The van der Waals surface area contributed by atoms with Crippen LogP contribution in [0.3, 0.4) is 0 Å². The number of benzene rings is 3. The molecule has 1 unspecified atom stereocenters. The Morgan fingerprint density at radius 1 is 0.981 bits per heavy atom. The number of amides is 1. The summed E-state index contributed by atoms with van der Waals surface area (Å²) >= 11 is 12.9. The van der Waals surface area contributed by atoms with Crippen molar-refractivity contribution in [2.45, 2.75) is 50.9 Å². The third-order valence-electron chi connectivity index (χ3n) is 10.1. The summed E-state index contributed by atoms with van der Waals surface area (Å²) in [5, 5.41) is 12.2. The molecule has 1 aromatic heterocycles. The first-order valence-electron chi connectivity index (χ1n) is 17.8. The number of nitrogens with zero attached hydrogens (tertiary/aromatic N) is 3. The summed E-state index contributed by atoms with van der Waals surface area (Å²) in [5.74, 6) is 0.551. The van der Waals surface area contributed by atoms with E-state index in [0.717, 1.165) is 38.8 Å². The van der Waals surface area contributed by atoms with Crippen molar-refractivity contribution < 1.29 is 37.7 Å². The predicted octanol–water partition coefficient (Wildman–Crippen LogP) is 7.94. The van der Waals surface area contributed by atoms with Crippen LogP contribution in [0.15, 0.2) is 79.1 Å². The molecule has 3 saturated heterocycles. The van der Waals surface area contributed by atoms with Gasteiger partial charge in [-0.05, 0) is 98.1 Å². The lowest BCUT2D eigenvalue weighted by Gasteiger charge is -2.44. The van der Waals surface area contributed by atoms with Crippen molar-refractivity contribution in [3.8, 4) is 11.5 Å². The zero-order valence-corrected chi connectivity index (χ0v) is 30.7. The first-order valence-corrected chi connectivity index (χ1v) is 18.5. The fraction of sp³-hybridized carbons (Fsp3) is 0.375. The Morgan fingerprint density at radius 3 is 2.42 bits per heavy atom. The largest absolute Gasteiger partial charge is 0.619 e. The van der Waals surface area contributed by atoms with Crippen LogP contribution < -0.4 is 19.1 Å². The van der Waals surface area contributed by atoms with Crippen LogP contribution in [-0.4, -0.2) is 56.4 Å². The van der Waals surface area contributed by atoms with E-state index in [4.69, 9.17) is 42.1 Å². The van der Waals surface area contributed by atoms with E-state index in [1.165, 1.54) is 29.4 Å². The molecule has 4 aliphatic rings. The number of methoxy groups -OCH3 is 1. The Bertz CT molecular complexity index is 1950. The van der Waals surface area contributed by atoms with Gasteiger partial charge in [0.15, 0.2) is 23.9 Å². The second-order valence-corrected chi connectivity index (χ2v) is 14.7. The average molecular weight is 765 g/mol. The molecular weight excluding hydrogens is 724 g/mol. The molecule has 4 heterocycles. The molecule has 3 aromatic carbocycles. The Kier molecular flexibility index (Phi) is 11.2. The maximum atomic E-state index is 15.2. The number of hydrogen-bond donors (Lipinski definition) is 0. The SMILES string of the molecule is COc1ccc(C(Cc2c(Cl)c[n+]([O-])cc2Cl)OC(=O)c2cccc(CN(C(=O)O[C@H]3CN4CCC3CC4)c3ccccc3F)c2)cc1OCC1CC1. The summed E-state index contributed by atoms with van der Waals surface area (Å²) in [7, 11) is 1.55. The standard InChI is InChI=1S/C40H40Cl2FN3O7/c1-50-35-12-11-28(18-37(35)51-24-25-9-10-25)36(19-30-31(41)21-45(49)22-32(30)42)52-39(47)29-6-4-5-26(17-29)20-46(34-8-3-2-7-33(34)43)40(48)53-38-23-44-15-13-27(38)14-16-44/h2-8,11-12,17-18,21-22,25,27,36,38H,9-10,13-16,19-20,23-24H2,1H3/t36?,38-/m0/s1. The molecule has 3 aliphatic heterocycles. The normalized spacial score (nSPS) is 19.7. The van der Waals surface area contributed by atoms with E-state index in [1.807, 2.05) is 0 Å². The number of para-hydroxylation sites is 1. The molecule has 0 radical (unpaired) electrons. The Hall–Kier alpha value is -4.58. The third-order valence-corrected chi connectivity index (χ3v) is 10.8. The van der Waals surface area contributed by atoms with Gasteiger partial charge in [0.2, 0.25) is 0 Å². The van der Waals surface area contributed by atoms with Gasteiger partial charge in [-0.3, -0.25) is 9.80 Å². The molecule has 8 rings (SSSR count). The van der Waals surface area contributed by atoms with Crippen LogP contribution in [0, 0.1) is 22.9 Å². The number of piperidine rings is 3. The monoisotopic (exact) mass is 763 g/mol. The van der Waals surface area contributed by atoms with Crippen LogP contribution >= 0.6 is 23.2 Å². The first kappa shape index (κ1) is 36.8. The Morgan fingerprint density at radius 2 is 1.74 bits per heavy atom. The first-order chi connectivity index (χ1) is 25.6. The number of ether oxygens (including phenoxy) is 4. The lowest BCUT2D eigenvalue weighted by Crippen LogP contribution is -2.53. The van der Waals surface area contributed by atoms with Gasteiger partial charge in [-0.15, -0.1) is 0 Å². The van der Waals surface area contributed by atoms with Crippen molar-refractivity contribution in [1.82, 2.24) is 4.90 Å². The second-order valence-electron chi connectivity index (χ2n) is 13.9. The van der Waals surface area contributed by atoms with Gasteiger partial charge in [0, 0.05) is 18.5 Å². The summed E-state index contributed by atoms with van der Waals surface area (Å²) in [4.78, 5) is 31.2. The van der Waals surface area contributed by atoms with E-state index in [2.05, 4.69) is 4.90 Å². The molecular formula is C40H40Cl2FN3O7. The number of carbonyl (C=O) groups is 2. The number of pyridine rings is 1. The van der Waals surface area contributed by atoms with E-state index in [9.17, 15) is 14.8 Å². The number of anilines is 1. The van der Waals surface area contributed by atoms with E-state index < -0.39 is 24.0 Å². The average Bonchev–Trinajstić information content (AvgIpc) is 3.99. The highest BCUT2D eigenvalue weighted by atomic mass is 35.5. The highest BCUT2D eigenvalue weighted by molar-refractivity contribution is 6.35. The topological polar surface area (TPSA) is 104 Å². The van der Waals surface area contributed by atoms with E-state index in [1.54, 1.807) is 61.7 Å². The van der Waals surface area contributed by atoms with Gasteiger partial charge in [0.05, 0.1) is 31.5 Å². The van der Waals surface area contributed by atoms with E-state index in [-0.39, 0.29) is 46.3 Å². The number of hydrogen-bond acceptors (Lipinski definition) is 8. The van der Waals surface area contributed by atoms with Gasteiger partial charge in [0.1, 0.15) is 28.1 Å². The van der Waals surface area contributed by atoms with Crippen LogP contribution in [-0.2, 0) is 22.4 Å². The maximum absolute atomic E-state index is 15.2. The summed E-state index contributed by atoms with van der Waals surface area (Å²) in [5.41, 5.74) is 1.84. The van der Waals surface area contributed by atoms with Crippen LogP contribution in [0.2, 0.25) is 10.0 Å². The summed E-state index contributed by atoms with van der Waals surface area (Å²) in [6.07, 6.45) is 4.69. The minimum Gasteiger partial charge on any atom is -0.619 e. The third kappa shape index (κ3) is 8.80. The van der Waals surface area contributed by atoms with Crippen LogP contribution in [0.4, 0.5) is 14.9 Å². The lowest BCUT2D eigenvalue weighted by molar-refractivity contribution is -0.605. The molecule has 53 heavy (non-hydrogen) atoms. The highest BCUT2D eigenvalue weighted by Gasteiger charge is 2.38. The van der Waals surface area contributed by atoms with Crippen LogP contribution in [0.25, 0.3) is 0 Å². The number of aromatic nitrogens is 1. The van der Waals surface area contributed by atoms with E-state index >= 15 is 4.39 Å². The van der Waals surface area contributed by atoms with Gasteiger partial charge < -0.3 is 24.2 Å². The quantitative estimate of drug-likeness (QED) is 0.0769. The molecule has 13 heteroatoms. The minimum atomic E-state index is -0.913. The number of esters is 1. The summed E-state index contributed by atoms with van der Waals surface area (Å²) in [6.45, 7) is 3.10. The number of carbonyl (C=O) groups excluding carboxylic acids is 2. The van der Waals surface area contributed by atoms with E-state index in [0.29, 0.717) is 52.0 Å². The molecule has 2 atom stereocenters. The van der Waals surface area contributed by atoms with Gasteiger partial charge in [0.25, 0.3) is 0 Å². The molecule has 0 N–H and O–H groups in total. The van der Waals surface area contributed by atoms with Crippen molar-refractivity contribution >= 4 is 41.0 Å². The molecule has 4 aromatic rings.